The molecule has 0 spiro atoms. The summed E-state index contributed by atoms with van der Waals surface area (Å²) in [5.74, 6) is 1.61. The van der Waals surface area contributed by atoms with Crippen LogP contribution in [0.1, 0.15) is 33.1 Å². The Bertz CT molecular complexity index is 488. The molecule has 1 aliphatic carbocycles. The summed E-state index contributed by atoms with van der Waals surface area (Å²) in [7, 11) is 1.68. The Morgan fingerprint density at radius 1 is 1.29 bits per heavy atom. The Morgan fingerprint density at radius 2 is 2.10 bits per heavy atom. The number of ether oxygens (including phenoxy) is 2. The Labute approximate surface area is 127 Å². The molecule has 116 valence electrons. The number of benzene rings is 1. The fraction of sp³-hybridized carbons (Fsp3) is 0.647. The van der Waals surface area contributed by atoms with Gasteiger partial charge in [-0.1, -0.05) is 0 Å². The van der Waals surface area contributed by atoms with Gasteiger partial charge in [-0.2, -0.15) is 0 Å². The predicted molar refractivity (Wildman–Crippen MR) is 85.4 cm³/mol. The van der Waals surface area contributed by atoms with Gasteiger partial charge in [-0.25, -0.2) is 0 Å². The molecule has 1 saturated heterocycles. The van der Waals surface area contributed by atoms with Crippen LogP contribution >= 0.6 is 0 Å². The van der Waals surface area contributed by atoms with E-state index in [4.69, 9.17) is 9.47 Å². The lowest BCUT2D eigenvalue weighted by molar-refractivity contribution is 0.257. The van der Waals surface area contributed by atoms with Crippen molar-refractivity contribution in [2.45, 2.75) is 51.2 Å². The van der Waals surface area contributed by atoms with Gasteiger partial charge in [0.2, 0.25) is 0 Å². The van der Waals surface area contributed by atoms with Crippen molar-refractivity contribution in [3.05, 3.63) is 18.2 Å². The fourth-order valence-electron chi connectivity index (χ4n) is 3.35. The van der Waals surface area contributed by atoms with Crippen molar-refractivity contribution < 1.29 is 9.47 Å². The second-order valence-electron chi connectivity index (χ2n) is 6.15. The number of methoxy groups -OCH3 is 1. The highest BCUT2D eigenvalue weighted by atomic mass is 16.5. The smallest absolute Gasteiger partial charge is 0.163 e. The predicted octanol–water partition coefficient (Wildman–Crippen LogP) is 3.13. The summed E-state index contributed by atoms with van der Waals surface area (Å²) in [4.78, 5) is 2.66. The van der Waals surface area contributed by atoms with Gasteiger partial charge in [-0.15, -0.1) is 0 Å². The second kappa shape index (κ2) is 6.14. The van der Waals surface area contributed by atoms with E-state index in [1.165, 1.54) is 19.3 Å². The second-order valence-corrected chi connectivity index (χ2v) is 6.15. The summed E-state index contributed by atoms with van der Waals surface area (Å²) in [5, 5.41) is 3.66. The molecule has 2 atom stereocenters. The van der Waals surface area contributed by atoms with E-state index in [2.05, 4.69) is 23.2 Å². The summed E-state index contributed by atoms with van der Waals surface area (Å²) in [6.45, 7) is 6.14. The maximum absolute atomic E-state index is 5.65. The van der Waals surface area contributed by atoms with Crippen LogP contribution in [0.2, 0.25) is 0 Å². The van der Waals surface area contributed by atoms with Gasteiger partial charge in [0.05, 0.1) is 13.7 Å². The zero-order chi connectivity index (χ0) is 14.8. The van der Waals surface area contributed by atoms with Crippen molar-refractivity contribution in [2.24, 2.45) is 0 Å². The minimum absolute atomic E-state index is 0.531. The highest BCUT2D eigenvalue weighted by Gasteiger charge is 2.38. The van der Waals surface area contributed by atoms with Gasteiger partial charge in [0.25, 0.3) is 0 Å². The van der Waals surface area contributed by atoms with E-state index in [9.17, 15) is 0 Å². The molecule has 1 aliphatic heterocycles. The zero-order valence-electron chi connectivity index (χ0n) is 13.3. The van der Waals surface area contributed by atoms with Gasteiger partial charge >= 0.3 is 0 Å². The lowest BCUT2D eigenvalue weighted by Gasteiger charge is -2.20. The van der Waals surface area contributed by atoms with Crippen LogP contribution in [0.5, 0.6) is 11.5 Å². The Morgan fingerprint density at radius 3 is 2.76 bits per heavy atom. The van der Waals surface area contributed by atoms with Gasteiger partial charge in [0.1, 0.15) is 0 Å². The van der Waals surface area contributed by atoms with Crippen LogP contribution in [0.4, 0.5) is 5.69 Å². The van der Waals surface area contributed by atoms with Gasteiger partial charge in [-0.3, -0.25) is 4.90 Å². The standard InChI is InChI=1S/C17H26N2O2/c1-4-21-17-10-13(5-8-16(17)20-3)18-14-9-12(2)19(11-14)15-6-7-15/h5,8,10,12,14-15,18H,4,6-7,9,11H2,1-3H3. The quantitative estimate of drug-likeness (QED) is 0.873. The van der Waals surface area contributed by atoms with Crippen molar-refractivity contribution >= 4 is 5.69 Å². The van der Waals surface area contributed by atoms with Crippen molar-refractivity contribution in [1.29, 1.82) is 0 Å². The average molecular weight is 290 g/mol. The molecular weight excluding hydrogens is 264 g/mol. The number of likely N-dealkylation sites (tertiary alicyclic amines) is 1. The molecule has 21 heavy (non-hydrogen) atoms. The monoisotopic (exact) mass is 290 g/mol. The van der Waals surface area contributed by atoms with Crippen LogP contribution in [-0.2, 0) is 0 Å². The molecule has 4 nitrogen and oxygen atoms in total. The highest BCUT2D eigenvalue weighted by Crippen LogP contribution is 2.35. The summed E-state index contributed by atoms with van der Waals surface area (Å²) >= 11 is 0. The first kappa shape index (κ1) is 14.5. The third-order valence-electron chi connectivity index (χ3n) is 4.47. The molecule has 1 heterocycles. The SMILES string of the molecule is CCOc1cc(NC2CC(C)N(C3CC3)C2)ccc1OC. The average Bonchev–Trinajstić information content (AvgIpc) is 3.24. The van der Waals surface area contributed by atoms with Gasteiger partial charge in [-0.05, 0) is 45.2 Å². The topological polar surface area (TPSA) is 33.7 Å². The zero-order valence-corrected chi connectivity index (χ0v) is 13.3. The van der Waals surface area contributed by atoms with Gasteiger partial charge in [0.15, 0.2) is 11.5 Å². The number of anilines is 1. The number of nitrogens with one attached hydrogen (secondary N) is 1. The number of nitrogens with zero attached hydrogens (tertiary/aromatic N) is 1. The molecule has 0 radical (unpaired) electrons. The van der Waals surface area contributed by atoms with Crippen LogP contribution in [0.3, 0.4) is 0 Å². The number of hydrogen-bond acceptors (Lipinski definition) is 4. The molecule has 1 aromatic carbocycles. The Hall–Kier alpha value is -1.42. The molecule has 2 aliphatic rings. The Kier molecular flexibility index (Phi) is 4.24. The van der Waals surface area contributed by atoms with Crippen LogP contribution < -0.4 is 14.8 Å². The molecule has 1 aromatic rings. The summed E-state index contributed by atoms with van der Waals surface area (Å²) in [5.41, 5.74) is 1.12. The van der Waals surface area contributed by atoms with Crippen LogP contribution in [0.25, 0.3) is 0 Å². The summed E-state index contributed by atoms with van der Waals surface area (Å²) in [6.07, 6.45) is 3.98. The first-order chi connectivity index (χ1) is 10.2. The van der Waals surface area contributed by atoms with Crippen molar-refractivity contribution in [2.75, 3.05) is 25.6 Å². The van der Waals surface area contributed by atoms with Crippen LogP contribution in [0, 0.1) is 0 Å². The first-order valence-electron chi connectivity index (χ1n) is 8.04. The molecule has 4 heteroatoms. The fourth-order valence-corrected chi connectivity index (χ4v) is 3.35. The molecule has 2 unspecified atom stereocenters. The first-order valence-corrected chi connectivity index (χ1v) is 8.04. The minimum Gasteiger partial charge on any atom is -0.493 e. The lowest BCUT2D eigenvalue weighted by Crippen LogP contribution is -2.31. The molecule has 0 bridgehead atoms. The summed E-state index contributed by atoms with van der Waals surface area (Å²) in [6, 6.07) is 8.17. The molecule has 1 N–H and O–H groups in total. The van der Waals surface area contributed by atoms with Crippen LogP contribution in [-0.4, -0.2) is 43.3 Å². The minimum atomic E-state index is 0.531. The third-order valence-corrected chi connectivity index (χ3v) is 4.47. The molecule has 0 aromatic heterocycles. The number of hydrogen-bond donors (Lipinski definition) is 1. The van der Waals surface area contributed by atoms with E-state index in [0.29, 0.717) is 18.7 Å². The third kappa shape index (κ3) is 3.26. The van der Waals surface area contributed by atoms with E-state index in [0.717, 1.165) is 29.8 Å². The van der Waals surface area contributed by atoms with E-state index in [1.54, 1.807) is 7.11 Å². The molecule has 3 rings (SSSR count). The number of rotatable bonds is 6. The van der Waals surface area contributed by atoms with E-state index in [1.807, 2.05) is 19.1 Å². The van der Waals surface area contributed by atoms with E-state index >= 15 is 0 Å². The lowest BCUT2D eigenvalue weighted by atomic mass is 10.1. The van der Waals surface area contributed by atoms with Crippen molar-refractivity contribution in [3.63, 3.8) is 0 Å². The molecule has 2 fully saturated rings. The van der Waals surface area contributed by atoms with E-state index < -0.39 is 0 Å². The Balaban J connectivity index is 1.66. The van der Waals surface area contributed by atoms with Crippen molar-refractivity contribution in [3.8, 4) is 11.5 Å². The largest absolute Gasteiger partial charge is 0.493 e. The maximum Gasteiger partial charge on any atom is 0.163 e. The normalized spacial score (nSPS) is 25.9. The maximum atomic E-state index is 5.65. The van der Waals surface area contributed by atoms with Crippen molar-refractivity contribution in [1.82, 2.24) is 4.90 Å². The van der Waals surface area contributed by atoms with Gasteiger partial charge < -0.3 is 14.8 Å². The molecular formula is C17H26N2O2. The highest BCUT2D eigenvalue weighted by molar-refractivity contribution is 5.55. The van der Waals surface area contributed by atoms with E-state index in [-0.39, 0.29) is 0 Å². The van der Waals surface area contributed by atoms with Gasteiger partial charge in [0, 0.05) is 36.4 Å². The molecule has 0 amide bonds. The summed E-state index contributed by atoms with van der Waals surface area (Å²) < 4.78 is 11.0. The molecule has 1 saturated carbocycles. The van der Waals surface area contributed by atoms with Crippen LogP contribution in [0.15, 0.2) is 18.2 Å².